The van der Waals surface area contributed by atoms with E-state index < -0.39 is 23.8 Å². The SMILES string of the molecule is C=CC1CC(C=C)[C@H](C(=O)OC)C1C(=O)OC. The van der Waals surface area contributed by atoms with Crippen molar-refractivity contribution in [2.24, 2.45) is 23.7 Å². The van der Waals surface area contributed by atoms with Crippen molar-refractivity contribution in [1.29, 1.82) is 0 Å². The highest BCUT2D eigenvalue weighted by Gasteiger charge is 2.49. The second-order valence-corrected chi connectivity index (χ2v) is 4.13. The van der Waals surface area contributed by atoms with Crippen LogP contribution in [-0.4, -0.2) is 26.2 Å². The molecule has 1 fully saturated rings. The van der Waals surface area contributed by atoms with E-state index >= 15 is 0 Å². The Hall–Kier alpha value is -1.58. The molecule has 17 heavy (non-hydrogen) atoms. The van der Waals surface area contributed by atoms with Crippen LogP contribution >= 0.6 is 0 Å². The largest absolute Gasteiger partial charge is 0.469 e. The first-order chi connectivity index (χ1) is 8.10. The summed E-state index contributed by atoms with van der Waals surface area (Å²) in [6.07, 6.45) is 4.06. The fraction of sp³-hybridized carbons (Fsp3) is 0.538. The fourth-order valence-corrected chi connectivity index (χ4v) is 2.54. The second-order valence-electron chi connectivity index (χ2n) is 4.13. The third-order valence-electron chi connectivity index (χ3n) is 3.41. The molecule has 0 aromatic rings. The average molecular weight is 238 g/mol. The van der Waals surface area contributed by atoms with E-state index in [1.165, 1.54) is 14.2 Å². The summed E-state index contributed by atoms with van der Waals surface area (Å²) in [6.45, 7) is 7.41. The van der Waals surface area contributed by atoms with Gasteiger partial charge >= 0.3 is 11.9 Å². The predicted octanol–water partition coefficient (Wildman–Crippen LogP) is 1.57. The molecule has 0 spiro atoms. The van der Waals surface area contributed by atoms with Gasteiger partial charge in [0.15, 0.2) is 0 Å². The van der Waals surface area contributed by atoms with E-state index in [4.69, 9.17) is 9.47 Å². The van der Waals surface area contributed by atoms with Gasteiger partial charge in [-0.1, -0.05) is 12.2 Å². The van der Waals surface area contributed by atoms with Gasteiger partial charge in [-0.15, -0.1) is 13.2 Å². The summed E-state index contributed by atoms with van der Waals surface area (Å²) in [4.78, 5) is 23.5. The Kier molecular flexibility index (Phi) is 4.49. The zero-order valence-electron chi connectivity index (χ0n) is 10.2. The molecule has 1 aliphatic rings. The third kappa shape index (κ3) is 2.40. The third-order valence-corrected chi connectivity index (χ3v) is 3.41. The van der Waals surface area contributed by atoms with Gasteiger partial charge in [-0.05, 0) is 18.3 Å². The van der Waals surface area contributed by atoms with Gasteiger partial charge < -0.3 is 9.47 Å². The van der Waals surface area contributed by atoms with E-state index in [9.17, 15) is 9.59 Å². The van der Waals surface area contributed by atoms with Crippen LogP contribution in [0, 0.1) is 23.7 Å². The molecule has 3 unspecified atom stereocenters. The molecule has 0 aromatic carbocycles. The molecule has 0 aliphatic heterocycles. The van der Waals surface area contributed by atoms with E-state index in [1.807, 2.05) is 0 Å². The van der Waals surface area contributed by atoms with E-state index in [2.05, 4.69) is 13.2 Å². The Morgan fingerprint density at radius 1 is 1.00 bits per heavy atom. The van der Waals surface area contributed by atoms with Crippen LogP contribution in [0.2, 0.25) is 0 Å². The number of methoxy groups -OCH3 is 2. The van der Waals surface area contributed by atoms with Crippen LogP contribution in [0.4, 0.5) is 0 Å². The Morgan fingerprint density at radius 2 is 1.35 bits per heavy atom. The van der Waals surface area contributed by atoms with Gasteiger partial charge in [-0.2, -0.15) is 0 Å². The Bertz CT molecular complexity index is 302. The number of rotatable bonds is 4. The quantitative estimate of drug-likeness (QED) is 0.551. The van der Waals surface area contributed by atoms with Crippen LogP contribution in [0.15, 0.2) is 25.3 Å². The van der Waals surface area contributed by atoms with Crippen molar-refractivity contribution in [1.82, 2.24) is 0 Å². The van der Waals surface area contributed by atoms with Gasteiger partial charge in [0.2, 0.25) is 0 Å². The zero-order chi connectivity index (χ0) is 13.0. The molecule has 4 atom stereocenters. The number of esters is 2. The highest BCUT2D eigenvalue weighted by atomic mass is 16.5. The maximum absolute atomic E-state index is 11.8. The first-order valence-electron chi connectivity index (χ1n) is 5.51. The van der Waals surface area contributed by atoms with E-state index in [-0.39, 0.29) is 11.8 Å². The summed E-state index contributed by atoms with van der Waals surface area (Å²) in [5.74, 6) is -1.98. The maximum atomic E-state index is 11.8. The molecule has 0 amide bonds. The van der Waals surface area contributed by atoms with Crippen molar-refractivity contribution in [2.75, 3.05) is 14.2 Å². The highest BCUT2D eigenvalue weighted by molar-refractivity contribution is 5.83. The standard InChI is InChI=1S/C13H18O4/c1-5-8-7-9(6-2)11(13(15)17-4)10(8)12(14)16-3/h5-6,8-11H,1-2,7H2,3-4H3/t8?,9?,10-,11?/m0/s1. The van der Waals surface area contributed by atoms with Gasteiger partial charge in [-0.3, -0.25) is 9.59 Å². The van der Waals surface area contributed by atoms with Crippen LogP contribution in [0.25, 0.3) is 0 Å². The Labute approximate surface area is 101 Å². The molecule has 4 nitrogen and oxygen atoms in total. The second kappa shape index (κ2) is 5.66. The van der Waals surface area contributed by atoms with Gasteiger partial charge in [0.25, 0.3) is 0 Å². The van der Waals surface area contributed by atoms with E-state index in [0.29, 0.717) is 6.42 Å². The first kappa shape index (κ1) is 13.5. The van der Waals surface area contributed by atoms with Gasteiger partial charge in [0.1, 0.15) is 0 Å². The number of hydrogen-bond acceptors (Lipinski definition) is 4. The van der Waals surface area contributed by atoms with Gasteiger partial charge in [0.05, 0.1) is 26.1 Å². The lowest BCUT2D eigenvalue weighted by molar-refractivity contribution is -0.157. The van der Waals surface area contributed by atoms with Crippen LogP contribution in [0.1, 0.15) is 6.42 Å². The zero-order valence-corrected chi connectivity index (χ0v) is 10.2. The van der Waals surface area contributed by atoms with Crippen molar-refractivity contribution in [3.05, 3.63) is 25.3 Å². The molecule has 0 aromatic heterocycles. The number of hydrogen-bond donors (Lipinski definition) is 0. The predicted molar refractivity (Wildman–Crippen MR) is 63.0 cm³/mol. The van der Waals surface area contributed by atoms with Gasteiger partial charge in [-0.25, -0.2) is 0 Å². The molecule has 0 radical (unpaired) electrons. The molecule has 0 heterocycles. The summed E-state index contributed by atoms with van der Waals surface area (Å²) in [7, 11) is 2.64. The van der Waals surface area contributed by atoms with Crippen molar-refractivity contribution < 1.29 is 19.1 Å². The molecule has 1 rings (SSSR count). The average Bonchev–Trinajstić information content (AvgIpc) is 2.75. The summed E-state index contributed by atoms with van der Waals surface area (Å²) >= 11 is 0. The molecule has 1 saturated carbocycles. The van der Waals surface area contributed by atoms with Gasteiger partial charge in [0, 0.05) is 0 Å². The summed E-state index contributed by atoms with van der Waals surface area (Å²) in [6, 6.07) is 0. The molecule has 0 saturated heterocycles. The lowest BCUT2D eigenvalue weighted by Crippen LogP contribution is -2.32. The lowest BCUT2D eigenvalue weighted by atomic mass is 9.87. The fourth-order valence-electron chi connectivity index (χ4n) is 2.54. The molecule has 0 bridgehead atoms. The van der Waals surface area contributed by atoms with E-state index in [1.54, 1.807) is 12.2 Å². The molecule has 0 N–H and O–H groups in total. The van der Waals surface area contributed by atoms with Crippen molar-refractivity contribution in [2.45, 2.75) is 6.42 Å². The maximum Gasteiger partial charge on any atom is 0.310 e. The van der Waals surface area contributed by atoms with Crippen molar-refractivity contribution >= 4 is 11.9 Å². The molecule has 1 aliphatic carbocycles. The number of allylic oxidation sites excluding steroid dienone is 2. The number of ether oxygens (including phenoxy) is 2. The summed E-state index contributed by atoms with van der Waals surface area (Å²) in [5.41, 5.74) is 0. The number of carbonyl (C=O) groups excluding carboxylic acids is 2. The normalized spacial score (nSPS) is 31.6. The lowest BCUT2D eigenvalue weighted by Gasteiger charge is -2.20. The van der Waals surface area contributed by atoms with Crippen LogP contribution in [-0.2, 0) is 19.1 Å². The first-order valence-corrected chi connectivity index (χ1v) is 5.51. The topological polar surface area (TPSA) is 52.6 Å². The Morgan fingerprint density at radius 3 is 1.59 bits per heavy atom. The van der Waals surface area contributed by atoms with E-state index in [0.717, 1.165) is 0 Å². The van der Waals surface area contributed by atoms with Crippen molar-refractivity contribution in [3.63, 3.8) is 0 Å². The molecular formula is C13H18O4. The van der Waals surface area contributed by atoms with Crippen LogP contribution in [0.3, 0.4) is 0 Å². The molecule has 4 heteroatoms. The minimum absolute atomic E-state index is 0.0745. The van der Waals surface area contributed by atoms with Crippen LogP contribution in [0.5, 0.6) is 0 Å². The minimum Gasteiger partial charge on any atom is -0.469 e. The summed E-state index contributed by atoms with van der Waals surface area (Å²) in [5, 5.41) is 0. The van der Waals surface area contributed by atoms with Crippen LogP contribution < -0.4 is 0 Å². The Balaban J connectivity index is 3.07. The summed E-state index contributed by atoms with van der Waals surface area (Å²) < 4.78 is 9.51. The number of carbonyl (C=O) groups is 2. The smallest absolute Gasteiger partial charge is 0.310 e. The van der Waals surface area contributed by atoms with Crippen molar-refractivity contribution in [3.8, 4) is 0 Å². The highest BCUT2D eigenvalue weighted by Crippen LogP contribution is 2.44. The monoisotopic (exact) mass is 238 g/mol. The minimum atomic E-state index is -0.520. The molecular weight excluding hydrogens is 220 g/mol. The molecule has 94 valence electrons.